The number of benzene rings is 3. The van der Waals surface area contributed by atoms with Gasteiger partial charge in [-0.05, 0) is 17.7 Å². The van der Waals surface area contributed by atoms with Crippen LogP contribution in [0, 0.1) is 0 Å². The Labute approximate surface area is 153 Å². The summed E-state index contributed by atoms with van der Waals surface area (Å²) in [4.78, 5) is 4.63. The van der Waals surface area contributed by atoms with Crippen molar-refractivity contribution >= 4 is 6.21 Å². The molecule has 0 saturated heterocycles. The van der Waals surface area contributed by atoms with Crippen molar-refractivity contribution in [3.05, 3.63) is 108 Å². The van der Waals surface area contributed by atoms with E-state index in [4.69, 9.17) is 5.10 Å². The van der Waals surface area contributed by atoms with Gasteiger partial charge < -0.3 is 0 Å². The minimum absolute atomic E-state index is 0.658. The molecular weight excluding hydrogens is 318 g/mol. The predicted molar refractivity (Wildman–Crippen MR) is 107 cm³/mol. The molecule has 0 amide bonds. The zero-order chi connectivity index (χ0) is 17.6. The van der Waals surface area contributed by atoms with Crippen LogP contribution >= 0.6 is 0 Å². The Hall–Kier alpha value is -3.46. The molecule has 4 rings (SSSR count). The summed E-state index contributed by atoms with van der Waals surface area (Å²) in [6, 6.07) is 30.6. The Morgan fingerprint density at radius 3 is 2.08 bits per heavy atom. The lowest BCUT2D eigenvalue weighted by atomic mass is 10.1. The van der Waals surface area contributed by atoms with Gasteiger partial charge in [0.05, 0.1) is 12.2 Å². The quantitative estimate of drug-likeness (QED) is 0.463. The molecule has 3 aromatic carbocycles. The van der Waals surface area contributed by atoms with Gasteiger partial charge in [0.15, 0.2) is 0 Å². The summed E-state index contributed by atoms with van der Waals surface area (Å²) < 4.78 is 1.91. The van der Waals surface area contributed by atoms with Crippen LogP contribution in [-0.4, -0.2) is 16.0 Å². The minimum Gasteiger partial charge on any atom is -0.288 e. The average molecular weight is 337 g/mol. The molecule has 3 heteroatoms. The molecular formula is C23H19N3. The molecule has 0 N–H and O–H groups in total. The summed E-state index contributed by atoms with van der Waals surface area (Å²) in [6.45, 7) is 0.658. The zero-order valence-corrected chi connectivity index (χ0v) is 14.4. The van der Waals surface area contributed by atoms with Crippen LogP contribution in [0.1, 0.15) is 11.1 Å². The first-order chi connectivity index (χ1) is 12.9. The van der Waals surface area contributed by atoms with E-state index in [1.165, 1.54) is 5.56 Å². The molecule has 0 saturated carbocycles. The molecule has 26 heavy (non-hydrogen) atoms. The fraction of sp³-hybridized carbons (Fsp3) is 0.0435. The second-order valence-electron chi connectivity index (χ2n) is 6.03. The molecule has 0 aliphatic heterocycles. The first-order valence-corrected chi connectivity index (χ1v) is 8.64. The van der Waals surface area contributed by atoms with Gasteiger partial charge in [-0.25, -0.2) is 4.68 Å². The average Bonchev–Trinajstić information content (AvgIpc) is 3.14. The van der Waals surface area contributed by atoms with Crippen molar-refractivity contribution < 1.29 is 0 Å². The van der Waals surface area contributed by atoms with Crippen LogP contribution in [0.4, 0.5) is 0 Å². The van der Waals surface area contributed by atoms with Crippen LogP contribution < -0.4 is 0 Å². The van der Waals surface area contributed by atoms with Crippen LogP contribution in [0.3, 0.4) is 0 Å². The molecule has 0 aliphatic carbocycles. The van der Waals surface area contributed by atoms with E-state index < -0.39 is 0 Å². The summed E-state index contributed by atoms with van der Waals surface area (Å²) in [5.74, 6) is 0. The summed E-state index contributed by atoms with van der Waals surface area (Å²) in [5, 5.41) is 4.80. The highest BCUT2D eigenvalue weighted by Gasteiger charge is 2.10. The van der Waals surface area contributed by atoms with Gasteiger partial charge in [-0.1, -0.05) is 78.9 Å². The standard InChI is InChI=1S/C23H19N3/c1-4-10-19(11-5-1)16-24-17-21-18-26(22-14-8-3-9-15-22)25-23(21)20-12-6-2-7-13-20/h1-15,17-18H,16H2. The lowest BCUT2D eigenvalue weighted by molar-refractivity contribution is 0.884. The van der Waals surface area contributed by atoms with E-state index in [-0.39, 0.29) is 0 Å². The number of aromatic nitrogens is 2. The van der Waals surface area contributed by atoms with Gasteiger partial charge in [0, 0.05) is 23.5 Å². The van der Waals surface area contributed by atoms with Crippen molar-refractivity contribution in [3.8, 4) is 16.9 Å². The maximum atomic E-state index is 4.80. The summed E-state index contributed by atoms with van der Waals surface area (Å²) >= 11 is 0. The van der Waals surface area contributed by atoms with Crippen LogP contribution in [-0.2, 0) is 6.54 Å². The number of nitrogens with zero attached hydrogens (tertiary/aromatic N) is 3. The molecule has 0 unspecified atom stereocenters. The van der Waals surface area contributed by atoms with E-state index in [2.05, 4.69) is 29.3 Å². The zero-order valence-electron chi connectivity index (χ0n) is 14.4. The van der Waals surface area contributed by atoms with Gasteiger partial charge in [-0.3, -0.25) is 4.99 Å². The highest BCUT2D eigenvalue weighted by Crippen LogP contribution is 2.22. The summed E-state index contributed by atoms with van der Waals surface area (Å²) in [6.07, 6.45) is 3.95. The third-order valence-corrected chi connectivity index (χ3v) is 4.16. The van der Waals surface area contributed by atoms with Crippen LogP contribution in [0.15, 0.2) is 102 Å². The molecule has 0 bridgehead atoms. The molecule has 3 nitrogen and oxygen atoms in total. The van der Waals surface area contributed by atoms with Crippen molar-refractivity contribution in [3.63, 3.8) is 0 Å². The van der Waals surface area contributed by atoms with Gasteiger partial charge in [-0.2, -0.15) is 5.10 Å². The molecule has 126 valence electrons. The van der Waals surface area contributed by atoms with Crippen LogP contribution in [0.5, 0.6) is 0 Å². The third-order valence-electron chi connectivity index (χ3n) is 4.16. The maximum absolute atomic E-state index is 4.80. The molecule has 0 aliphatic rings. The number of para-hydroxylation sites is 1. The van der Waals surface area contributed by atoms with Gasteiger partial charge >= 0.3 is 0 Å². The Balaban J connectivity index is 1.69. The fourth-order valence-corrected chi connectivity index (χ4v) is 2.85. The Morgan fingerprint density at radius 1 is 0.769 bits per heavy atom. The lowest BCUT2D eigenvalue weighted by Crippen LogP contribution is -1.93. The normalized spacial score (nSPS) is 11.1. The number of aliphatic imine (C=N–C) groups is 1. The molecule has 0 spiro atoms. The fourth-order valence-electron chi connectivity index (χ4n) is 2.85. The predicted octanol–water partition coefficient (Wildman–Crippen LogP) is 5.16. The van der Waals surface area contributed by atoms with Gasteiger partial charge in [-0.15, -0.1) is 0 Å². The minimum atomic E-state index is 0.658. The second-order valence-corrected chi connectivity index (χ2v) is 6.03. The van der Waals surface area contributed by atoms with E-state index in [9.17, 15) is 0 Å². The van der Waals surface area contributed by atoms with E-state index >= 15 is 0 Å². The smallest absolute Gasteiger partial charge is 0.101 e. The number of hydrogen-bond donors (Lipinski definition) is 0. The van der Waals surface area contributed by atoms with Crippen LogP contribution in [0.25, 0.3) is 16.9 Å². The van der Waals surface area contributed by atoms with E-state index in [1.54, 1.807) is 0 Å². The van der Waals surface area contributed by atoms with Crippen LogP contribution in [0.2, 0.25) is 0 Å². The second kappa shape index (κ2) is 7.62. The first kappa shape index (κ1) is 16.0. The number of rotatable bonds is 5. The Kier molecular flexibility index (Phi) is 4.70. The highest BCUT2D eigenvalue weighted by molar-refractivity contribution is 5.88. The lowest BCUT2D eigenvalue weighted by Gasteiger charge is -2.00. The monoisotopic (exact) mass is 337 g/mol. The van der Waals surface area contributed by atoms with E-state index in [0.29, 0.717) is 6.54 Å². The molecule has 1 heterocycles. The van der Waals surface area contributed by atoms with Gasteiger partial charge in [0.1, 0.15) is 5.69 Å². The van der Waals surface area contributed by atoms with Crippen molar-refractivity contribution in [2.24, 2.45) is 4.99 Å². The van der Waals surface area contributed by atoms with Crippen molar-refractivity contribution in [1.29, 1.82) is 0 Å². The maximum Gasteiger partial charge on any atom is 0.101 e. The highest BCUT2D eigenvalue weighted by atomic mass is 15.3. The van der Waals surface area contributed by atoms with E-state index in [0.717, 1.165) is 22.5 Å². The first-order valence-electron chi connectivity index (χ1n) is 8.64. The summed E-state index contributed by atoms with van der Waals surface area (Å²) in [5.41, 5.74) is 5.26. The van der Waals surface area contributed by atoms with Gasteiger partial charge in [0.25, 0.3) is 0 Å². The SMILES string of the molecule is C(=NCc1ccccc1)c1cn(-c2ccccc2)nc1-c1ccccc1. The molecule has 0 atom stereocenters. The Morgan fingerprint density at radius 2 is 1.38 bits per heavy atom. The van der Waals surface area contributed by atoms with E-state index in [1.807, 2.05) is 83.8 Å². The molecule has 0 radical (unpaired) electrons. The number of hydrogen-bond acceptors (Lipinski definition) is 2. The van der Waals surface area contributed by atoms with Crippen molar-refractivity contribution in [2.75, 3.05) is 0 Å². The van der Waals surface area contributed by atoms with Crippen molar-refractivity contribution in [2.45, 2.75) is 6.54 Å². The van der Waals surface area contributed by atoms with Crippen molar-refractivity contribution in [1.82, 2.24) is 9.78 Å². The molecule has 0 fully saturated rings. The Bertz CT molecular complexity index is 988. The van der Waals surface area contributed by atoms with Gasteiger partial charge in [0.2, 0.25) is 0 Å². The molecule has 4 aromatic rings. The third kappa shape index (κ3) is 3.62. The summed E-state index contributed by atoms with van der Waals surface area (Å²) in [7, 11) is 0. The largest absolute Gasteiger partial charge is 0.288 e. The molecule has 1 aromatic heterocycles. The topological polar surface area (TPSA) is 30.2 Å².